The monoisotopic (exact) mass is 233 g/mol. The molecule has 0 saturated heterocycles. The molecule has 0 unspecified atom stereocenters. The van der Waals surface area contributed by atoms with Crippen molar-refractivity contribution in [3.63, 3.8) is 0 Å². The number of ketones is 1. The molecule has 0 heterocycles. The highest BCUT2D eigenvalue weighted by Crippen LogP contribution is 2.15. The first-order valence-electron chi connectivity index (χ1n) is 5.61. The van der Waals surface area contributed by atoms with Crippen molar-refractivity contribution in [3.05, 3.63) is 48.2 Å². The average molecular weight is 233 g/mol. The van der Waals surface area contributed by atoms with Crippen LogP contribution in [0.1, 0.15) is 26.3 Å². The molecule has 1 rings (SSSR count). The lowest BCUT2D eigenvalue weighted by molar-refractivity contribution is -0.121. The lowest BCUT2D eigenvalue weighted by atomic mass is 9.91. The summed E-state index contributed by atoms with van der Waals surface area (Å²) in [5.41, 5.74) is 0.576. The second-order valence-electron chi connectivity index (χ2n) is 5.01. The Morgan fingerprint density at radius 3 is 2.41 bits per heavy atom. The van der Waals surface area contributed by atoms with Crippen LogP contribution in [0.2, 0.25) is 0 Å². The van der Waals surface area contributed by atoms with Crippen LogP contribution in [-0.2, 0) is 11.3 Å². The van der Waals surface area contributed by atoms with Gasteiger partial charge in [0.15, 0.2) is 5.78 Å². The van der Waals surface area contributed by atoms with Gasteiger partial charge < -0.3 is 0 Å². The van der Waals surface area contributed by atoms with E-state index in [9.17, 15) is 10.0 Å². The van der Waals surface area contributed by atoms with Crippen molar-refractivity contribution in [2.24, 2.45) is 5.41 Å². The fourth-order valence-electron chi connectivity index (χ4n) is 1.23. The minimum absolute atomic E-state index is 0.00962. The van der Waals surface area contributed by atoms with Crippen molar-refractivity contribution in [3.8, 4) is 0 Å². The van der Waals surface area contributed by atoms with Crippen molar-refractivity contribution in [1.82, 2.24) is 5.06 Å². The maximum Gasteiger partial charge on any atom is 0.162 e. The Bertz CT molecular complexity index is 390. The van der Waals surface area contributed by atoms with Gasteiger partial charge in [0.05, 0.1) is 6.54 Å². The van der Waals surface area contributed by atoms with E-state index in [1.165, 1.54) is 12.3 Å². The molecule has 0 bridgehead atoms. The van der Waals surface area contributed by atoms with E-state index in [-0.39, 0.29) is 5.78 Å². The lowest BCUT2D eigenvalue weighted by Gasteiger charge is -2.15. The van der Waals surface area contributed by atoms with Crippen LogP contribution in [0.4, 0.5) is 0 Å². The predicted molar refractivity (Wildman–Crippen MR) is 67.4 cm³/mol. The van der Waals surface area contributed by atoms with Gasteiger partial charge in [-0.1, -0.05) is 51.1 Å². The molecular weight excluding hydrogens is 214 g/mol. The van der Waals surface area contributed by atoms with Crippen LogP contribution in [0.5, 0.6) is 0 Å². The first-order valence-corrected chi connectivity index (χ1v) is 5.61. The predicted octanol–water partition coefficient (Wildman–Crippen LogP) is 3.01. The molecule has 0 radical (unpaired) electrons. The van der Waals surface area contributed by atoms with E-state index in [2.05, 4.69) is 0 Å². The Balaban J connectivity index is 2.53. The molecule has 0 atom stereocenters. The Morgan fingerprint density at radius 1 is 1.29 bits per heavy atom. The SMILES string of the molecule is CC(C)(C)C(=O)/C=C/N(O)Cc1ccccc1. The molecule has 0 aliphatic carbocycles. The summed E-state index contributed by atoms with van der Waals surface area (Å²) in [6, 6.07) is 9.58. The quantitative estimate of drug-likeness (QED) is 0.642. The molecule has 1 aromatic rings. The Labute approximate surface area is 102 Å². The molecule has 0 amide bonds. The topological polar surface area (TPSA) is 40.5 Å². The maximum absolute atomic E-state index is 11.6. The van der Waals surface area contributed by atoms with Gasteiger partial charge in [0.2, 0.25) is 0 Å². The van der Waals surface area contributed by atoms with Crippen molar-refractivity contribution >= 4 is 5.78 Å². The van der Waals surface area contributed by atoms with Crippen LogP contribution < -0.4 is 0 Å². The average Bonchev–Trinajstić information content (AvgIpc) is 2.26. The Hall–Kier alpha value is -1.61. The third-order valence-corrected chi connectivity index (χ3v) is 2.32. The first-order chi connectivity index (χ1) is 7.89. The van der Waals surface area contributed by atoms with E-state index in [1.54, 1.807) is 0 Å². The van der Waals surface area contributed by atoms with E-state index >= 15 is 0 Å². The van der Waals surface area contributed by atoms with Gasteiger partial charge in [-0.05, 0) is 11.6 Å². The number of hydroxylamine groups is 2. The summed E-state index contributed by atoms with van der Waals surface area (Å²) in [7, 11) is 0. The summed E-state index contributed by atoms with van der Waals surface area (Å²) in [6.45, 7) is 5.91. The molecule has 92 valence electrons. The maximum atomic E-state index is 11.6. The van der Waals surface area contributed by atoms with Gasteiger partial charge in [0, 0.05) is 11.6 Å². The van der Waals surface area contributed by atoms with E-state index in [0.29, 0.717) is 6.54 Å². The zero-order valence-electron chi connectivity index (χ0n) is 10.6. The number of carbonyl (C=O) groups excluding carboxylic acids is 1. The lowest BCUT2D eigenvalue weighted by Crippen LogP contribution is -2.19. The number of allylic oxidation sites excluding steroid dienone is 1. The summed E-state index contributed by atoms with van der Waals surface area (Å²) < 4.78 is 0. The summed E-state index contributed by atoms with van der Waals surface area (Å²) in [5.74, 6) is -0.00962. The van der Waals surface area contributed by atoms with Crippen LogP contribution in [0.25, 0.3) is 0 Å². The summed E-state index contributed by atoms with van der Waals surface area (Å²) in [4.78, 5) is 11.6. The molecule has 0 aliphatic rings. The second kappa shape index (κ2) is 5.64. The molecule has 0 aromatic heterocycles. The van der Waals surface area contributed by atoms with Crippen LogP contribution in [0, 0.1) is 5.41 Å². The Kier molecular flexibility index (Phi) is 4.46. The third-order valence-electron chi connectivity index (χ3n) is 2.32. The molecule has 1 aromatic carbocycles. The number of nitrogens with zero attached hydrogens (tertiary/aromatic N) is 1. The smallest absolute Gasteiger partial charge is 0.162 e. The molecule has 3 nitrogen and oxygen atoms in total. The molecule has 1 N–H and O–H groups in total. The molecular formula is C14H19NO2. The largest absolute Gasteiger partial charge is 0.294 e. The molecule has 0 fully saturated rings. The number of hydrogen-bond donors (Lipinski definition) is 1. The zero-order chi connectivity index (χ0) is 12.9. The van der Waals surface area contributed by atoms with E-state index in [1.807, 2.05) is 51.1 Å². The summed E-state index contributed by atoms with van der Waals surface area (Å²) in [6.07, 6.45) is 2.81. The third kappa shape index (κ3) is 4.83. The van der Waals surface area contributed by atoms with Crippen molar-refractivity contribution < 1.29 is 10.0 Å². The number of benzene rings is 1. The molecule has 0 saturated carbocycles. The van der Waals surface area contributed by atoms with Gasteiger partial charge >= 0.3 is 0 Å². The number of hydrogen-bond acceptors (Lipinski definition) is 3. The highest BCUT2D eigenvalue weighted by molar-refractivity contribution is 5.93. The van der Waals surface area contributed by atoms with Crippen LogP contribution >= 0.6 is 0 Å². The fraction of sp³-hybridized carbons (Fsp3) is 0.357. The molecule has 3 heteroatoms. The first kappa shape index (κ1) is 13.5. The van der Waals surface area contributed by atoms with E-state index in [0.717, 1.165) is 10.6 Å². The highest BCUT2D eigenvalue weighted by atomic mass is 16.5. The second-order valence-corrected chi connectivity index (χ2v) is 5.01. The molecule has 0 aliphatic heterocycles. The van der Waals surface area contributed by atoms with Crippen molar-refractivity contribution in [2.75, 3.05) is 0 Å². The molecule has 0 spiro atoms. The van der Waals surface area contributed by atoms with Crippen molar-refractivity contribution in [1.29, 1.82) is 0 Å². The van der Waals surface area contributed by atoms with E-state index in [4.69, 9.17) is 0 Å². The van der Waals surface area contributed by atoms with Crippen LogP contribution in [-0.4, -0.2) is 16.1 Å². The minimum atomic E-state index is -0.413. The molecule has 17 heavy (non-hydrogen) atoms. The van der Waals surface area contributed by atoms with Gasteiger partial charge in [-0.25, -0.2) is 0 Å². The normalized spacial score (nSPS) is 11.8. The zero-order valence-corrected chi connectivity index (χ0v) is 10.6. The number of rotatable bonds is 4. The van der Waals surface area contributed by atoms with Crippen LogP contribution in [0.15, 0.2) is 42.6 Å². The summed E-state index contributed by atoms with van der Waals surface area (Å²) >= 11 is 0. The van der Waals surface area contributed by atoms with Gasteiger partial charge in [0.25, 0.3) is 0 Å². The Morgan fingerprint density at radius 2 is 1.88 bits per heavy atom. The fourth-order valence-corrected chi connectivity index (χ4v) is 1.23. The van der Waals surface area contributed by atoms with Gasteiger partial charge in [0.1, 0.15) is 0 Å². The van der Waals surface area contributed by atoms with E-state index < -0.39 is 5.41 Å². The standard InChI is InChI=1S/C14H19NO2/c1-14(2,3)13(16)9-10-15(17)11-12-7-5-4-6-8-12/h4-10,17H,11H2,1-3H3/b10-9+. The van der Waals surface area contributed by atoms with Gasteiger partial charge in [-0.2, -0.15) is 0 Å². The highest BCUT2D eigenvalue weighted by Gasteiger charge is 2.18. The van der Waals surface area contributed by atoms with Crippen LogP contribution in [0.3, 0.4) is 0 Å². The van der Waals surface area contributed by atoms with Crippen molar-refractivity contribution in [2.45, 2.75) is 27.3 Å². The number of carbonyl (C=O) groups is 1. The van der Waals surface area contributed by atoms with Gasteiger partial charge in [-0.15, -0.1) is 0 Å². The minimum Gasteiger partial charge on any atom is -0.294 e. The van der Waals surface area contributed by atoms with Gasteiger partial charge in [-0.3, -0.25) is 15.1 Å². The summed E-state index contributed by atoms with van der Waals surface area (Å²) in [5, 5.41) is 10.6.